The SMILES string of the molecule is CCOC(=O)c1csc(-n2nc(C)c3c2CCCC3)n1. The molecule has 0 aromatic carbocycles. The van der Waals surface area contributed by atoms with Crippen LogP contribution in [0.5, 0.6) is 0 Å². The van der Waals surface area contributed by atoms with Gasteiger partial charge in [0.15, 0.2) is 5.69 Å². The monoisotopic (exact) mass is 291 g/mol. The smallest absolute Gasteiger partial charge is 0.357 e. The van der Waals surface area contributed by atoms with E-state index in [9.17, 15) is 4.79 Å². The fourth-order valence-corrected chi connectivity index (χ4v) is 3.37. The van der Waals surface area contributed by atoms with Gasteiger partial charge in [0.2, 0.25) is 5.13 Å². The lowest BCUT2D eigenvalue weighted by atomic mass is 9.96. The molecular formula is C14H17N3O2S. The highest BCUT2D eigenvalue weighted by Gasteiger charge is 2.21. The van der Waals surface area contributed by atoms with E-state index in [1.807, 2.05) is 11.6 Å². The van der Waals surface area contributed by atoms with Gasteiger partial charge in [-0.25, -0.2) is 14.5 Å². The van der Waals surface area contributed by atoms with Gasteiger partial charge in [-0.1, -0.05) is 0 Å². The first-order valence-corrected chi connectivity index (χ1v) is 7.79. The van der Waals surface area contributed by atoms with Crippen molar-refractivity contribution in [2.75, 3.05) is 6.61 Å². The summed E-state index contributed by atoms with van der Waals surface area (Å²) in [5, 5.41) is 7.08. The number of aryl methyl sites for hydroxylation is 1. The highest BCUT2D eigenvalue weighted by Crippen LogP contribution is 2.27. The van der Waals surface area contributed by atoms with Gasteiger partial charge in [-0.05, 0) is 45.1 Å². The van der Waals surface area contributed by atoms with Crippen molar-refractivity contribution in [3.63, 3.8) is 0 Å². The molecule has 0 spiro atoms. The fraction of sp³-hybridized carbons (Fsp3) is 0.500. The minimum absolute atomic E-state index is 0.363. The van der Waals surface area contributed by atoms with Crippen LogP contribution in [0.25, 0.3) is 5.13 Å². The number of hydrogen-bond acceptors (Lipinski definition) is 5. The number of rotatable bonds is 3. The Labute approximate surface area is 121 Å². The third kappa shape index (κ3) is 2.24. The molecule has 2 aromatic heterocycles. The van der Waals surface area contributed by atoms with E-state index in [0.29, 0.717) is 12.3 Å². The molecule has 2 aromatic rings. The standard InChI is InChI=1S/C14H17N3O2S/c1-3-19-13(18)11-8-20-14(15-11)17-12-7-5-4-6-10(12)9(2)16-17/h8H,3-7H2,1-2H3. The third-order valence-electron chi connectivity index (χ3n) is 3.54. The second kappa shape index (κ2) is 5.36. The Morgan fingerprint density at radius 2 is 2.25 bits per heavy atom. The van der Waals surface area contributed by atoms with Crippen LogP contribution in [0.1, 0.15) is 47.2 Å². The van der Waals surface area contributed by atoms with Crippen LogP contribution in [-0.2, 0) is 17.6 Å². The zero-order valence-corrected chi connectivity index (χ0v) is 12.5. The molecule has 0 atom stereocenters. The fourth-order valence-electron chi connectivity index (χ4n) is 2.60. The maximum atomic E-state index is 11.7. The maximum Gasteiger partial charge on any atom is 0.357 e. The molecule has 0 saturated heterocycles. The van der Waals surface area contributed by atoms with Gasteiger partial charge in [0, 0.05) is 5.38 Å². The number of aromatic nitrogens is 3. The van der Waals surface area contributed by atoms with Crippen LogP contribution in [-0.4, -0.2) is 27.3 Å². The average molecular weight is 291 g/mol. The van der Waals surface area contributed by atoms with E-state index < -0.39 is 0 Å². The third-order valence-corrected chi connectivity index (χ3v) is 4.36. The summed E-state index contributed by atoms with van der Waals surface area (Å²) in [5.74, 6) is -0.368. The van der Waals surface area contributed by atoms with Crippen LogP contribution in [0, 0.1) is 6.92 Å². The van der Waals surface area contributed by atoms with Crippen molar-refractivity contribution in [3.8, 4) is 5.13 Å². The first-order chi connectivity index (χ1) is 9.70. The lowest BCUT2D eigenvalue weighted by Crippen LogP contribution is -2.09. The molecule has 0 saturated carbocycles. The van der Waals surface area contributed by atoms with Gasteiger partial charge >= 0.3 is 5.97 Å². The minimum Gasteiger partial charge on any atom is -0.461 e. The molecule has 1 aliphatic rings. The van der Waals surface area contributed by atoms with Crippen molar-refractivity contribution < 1.29 is 9.53 Å². The number of thiazole rings is 1. The molecule has 0 unspecified atom stereocenters. The summed E-state index contributed by atoms with van der Waals surface area (Å²) in [6.07, 6.45) is 4.54. The summed E-state index contributed by atoms with van der Waals surface area (Å²) < 4.78 is 6.87. The van der Waals surface area contributed by atoms with Crippen LogP contribution in [0.2, 0.25) is 0 Å². The Hall–Kier alpha value is -1.69. The van der Waals surface area contributed by atoms with Crippen molar-refractivity contribution in [1.82, 2.24) is 14.8 Å². The molecule has 3 rings (SSSR count). The number of ether oxygens (including phenoxy) is 1. The summed E-state index contributed by atoms with van der Waals surface area (Å²) in [6, 6.07) is 0. The molecule has 2 heterocycles. The minimum atomic E-state index is -0.368. The summed E-state index contributed by atoms with van der Waals surface area (Å²) in [4.78, 5) is 16.0. The average Bonchev–Trinajstić information content (AvgIpc) is 3.05. The van der Waals surface area contributed by atoms with E-state index in [4.69, 9.17) is 4.74 Å². The molecular weight excluding hydrogens is 274 g/mol. The molecule has 0 aliphatic heterocycles. The molecule has 0 fully saturated rings. The van der Waals surface area contributed by atoms with Crippen LogP contribution in [0.15, 0.2) is 5.38 Å². The van der Waals surface area contributed by atoms with Gasteiger partial charge < -0.3 is 4.74 Å². The molecule has 20 heavy (non-hydrogen) atoms. The Balaban J connectivity index is 1.96. The van der Waals surface area contributed by atoms with Gasteiger partial charge in [-0.3, -0.25) is 0 Å². The largest absolute Gasteiger partial charge is 0.461 e. The molecule has 0 amide bonds. The summed E-state index contributed by atoms with van der Waals surface area (Å²) in [7, 11) is 0. The summed E-state index contributed by atoms with van der Waals surface area (Å²) >= 11 is 1.43. The van der Waals surface area contributed by atoms with Crippen LogP contribution < -0.4 is 0 Å². The quantitative estimate of drug-likeness (QED) is 0.816. The predicted molar refractivity (Wildman–Crippen MR) is 76.6 cm³/mol. The Bertz CT molecular complexity index is 645. The topological polar surface area (TPSA) is 57.0 Å². The van der Waals surface area contributed by atoms with Crippen LogP contribution >= 0.6 is 11.3 Å². The lowest BCUT2D eigenvalue weighted by molar-refractivity contribution is 0.0520. The van der Waals surface area contributed by atoms with Crippen molar-refractivity contribution in [2.45, 2.75) is 39.5 Å². The summed E-state index contributed by atoms with van der Waals surface area (Å²) in [6.45, 7) is 4.20. The number of esters is 1. The van der Waals surface area contributed by atoms with E-state index in [-0.39, 0.29) is 5.97 Å². The Morgan fingerprint density at radius 3 is 3.05 bits per heavy atom. The van der Waals surface area contributed by atoms with Crippen LogP contribution in [0.3, 0.4) is 0 Å². The van der Waals surface area contributed by atoms with Gasteiger partial charge in [0.1, 0.15) is 0 Å². The number of nitrogens with zero attached hydrogens (tertiary/aromatic N) is 3. The maximum absolute atomic E-state index is 11.7. The number of hydrogen-bond donors (Lipinski definition) is 0. The zero-order valence-electron chi connectivity index (χ0n) is 11.7. The van der Waals surface area contributed by atoms with Gasteiger partial charge in [-0.2, -0.15) is 5.10 Å². The molecule has 0 bridgehead atoms. The van der Waals surface area contributed by atoms with E-state index in [0.717, 1.165) is 23.7 Å². The van der Waals surface area contributed by atoms with Crippen molar-refractivity contribution in [1.29, 1.82) is 0 Å². The van der Waals surface area contributed by atoms with Gasteiger partial charge in [0.05, 0.1) is 18.0 Å². The first kappa shape index (κ1) is 13.3. The Kier molecular flexibility index (Phi) is 3.56. The predicted octanol–water partition coefficient (Wildman–Crippen LogP) is 2.69. The Morgan fingerprint density at radius 1 is 1.45 bits per heavy atom. The zero-order chi connectivity index (χ0) is 14.1. The molecule has 5 nitrogen and oxygen atoms in total. The molecule has 0 radical (unpaired) electrons. The number of carbonyl (C=O) groups is 1. The lowest BCUT2D eigenvalue weighted by Gasteiger charge is -2.12. The highest BCUT2D eigenvalue weighted by molar-refractivity contribution is 7.12. The normalized spacial score (nSPS) is 14.1. The van der Waals surface area contributed by atoms with Crippen molar-refractivity contribution >= 4 is 17.3 Å². The molecule has 106 valence electrons. The van der Waals surface area contributed by atoms with E-state index >= 15 is 0 Å². The van der Waals surface area contributed by atoms with Crippen molar-refractivity contribution in [2.24, 2.45) is 0 Å². The number of fused-ring (bicyclic) bond motifs is 1. The first-order valence-electron chi connectivity index (χ1n) is 6.91. The van der Waals surface area contributed by atoms with Gasteiger partial charge in [0.25, 0.3) is 0 Å². The van der Waals surface area contributed by atoms with E-state index in [1.165, 1.54) is 35.4 Å². The second-order valence-corrected chi connectivity index (χ2v) is 5.70. The van der Waals surface area contributed by atoms with E-state index in [1.54, 1.807) is 12.3 Å². The van der Waals surface area contributed by atoms with Crippen molar-refractivity contribution in [3.05, 3.63) is 28.0 Å². The second-order valence-electron chi connectivity index (χ2n) is 4.87. The van der Waals surface area contributed by atoms with Crippen LogP contribution in [0.4, 0.5) is 0 Å². The molecule has 1 aliphatic carbocycles. The molecule has 0 N–H and O–H groups in total. The highest BCUT2D eigenvalue weighted by atomic mass is 32.1. The number of carbonyl (C=O) groups excluding carboxylic acids is 1. The van der Waals surface area contributed by atoms with E-state index in [2.05, 4.69) is 10.1 Å². The van der Waals surface area contributed by atoms with Gasteiger partial charge in [-0.15, -0.1) is 11.3 Å². The molecule has 6 heteroatoms. The summed E-state index contributed by atoms with van der Waals surface area (Å²) in [5.41, 5.74) is 4.04.